The van der Waals surface area contributed by atoms with Crippen LogP contribution in [0.1, 0.15) is 6.92 Å². The standard InChI is InChI=1S/C4H8NO3S/c1-4(5-3-6)9(2,7)8/h4H,1-2H3,(H,5,6). The van der Waals surface area contributed by atoms with Crippen LogP contribution in [-0.4, -0.2) is 26.5 Å². The molecule has 0 aromatic heterocycles. The van der Waals surface area contributed by atoms with Crippen LogP contribution in [0.15, 0.2) is 0 Å². The molecular weight excluding hydrogens is 142 g/mol. The second kappa shape index (κ2) is 2.82. The van der Waals surface area contributed by atoms with E-state index in [2.05, 4.69) is 0 Å². The summed E-state index contributed by atoms with van der Waals surface area (Å²) in [7, 11) is -3.14. The smallest absolute Gasteiger partial charge is 0.310 e. The first-order valence-electron chi connectivity index (χ1n) is 2.30. The number of hydrogen-bond acceptors (Lipinski definition) is 3. The molecule has 4 nitrogen and oxygen atoms in total. The quantitative estimate of drug-likeness (QED) is 0.527. The van der Waals surface area contributed by atoms with Crippen LogP contribution < -0.4 is 5.32 Å². The number of nitrogens with one attached hydrogen (secondary N) is 1. The Bertz CT molecular complexity index is 184. The van der Waals surface area contributed by atoms with Gasteiger partial charge in [0.05, 0.1) is 0 Å². The van der Waals surface area contributed by atoms with E-state index in [9.17, 15) is 13.2 Å². The first-order chi connectivity index (χ1) is 3.98. The van der Waals surface area contributed by atoms with Gasteiger partial charge in [0, 0.05) is 6.26 Å². The van der Waals surface area contributed by atoms with Crippen molar-refractivity contribution in [2.75, 3.05) is 6.26 Å². The summed E-state index contributed by atoms with van der Waals surface area (Å²) in [4.78, 5) is 9.56. The third kappa shape index (κ3) is 3.07. The Morgan fingerprint density at radius 3 is 2.11 bits per heavy atom. The van der Waals surface area contributed by atoms with Crippen molar-refractivity contribution >= 4 is 16.2 Å². The first-order valence-corrected chi connectivity index (χ1v) is 4.25. The van der Waals surface area contributed by atoms with Crippen molar-refractivity contribution in [1.29, 1.82) is 0 Å². The van der Waals surface area contributed by atoms with Gasteiger partial charge in [-0.2, -0.15) is 0 Å². The van der Waals surface area contributed by atoms with Crippen molar-refractivity contribution in [3.8, 4) is 0 Å². The normalized spacial score (nSPS) is 14.4. The van der Waals surface area contributed by atoms with E-state index >= 15 is 0 Å². The highest BCUT2D eigenvalue weighted by molar-refractivity contribution is 7.91. The Balaban J connectivity index is 4.05. The second-order valence-corrected chi connectivity index (χ2v) is 4.08. The van der Waals surface area contributed by atoms with Crippen LogP contribution >= 0.6 is 0 Å². The number of amides is 1. The van der Waals surface area contributed by atoms with Gasteiger partial charge in [0.1, 0.15) is 5.37 Å². The molecule has 0 aromatic rings. The SMILES string of the molecule is CC(N[C]=O)S(C)(=O)=O. The lowest BCUT2D eigenvalue weighted by Gasteiger charge is -2.04. The molecule has 0 saturated carbocycles. The Hall–Kier alpha value is -0.580. The molecule has 0 aliphatic carbocycles. The lowest BCUT2D eigenvalue weighted by molar-refractivity contribution is 0.534. The minimum atomic E-state index is -3.14. The van der Waals surface area contributed by atoms with Crippen molar-refractivity contribution in [2.45, 2.75) is 12.3 Å². The molecule has 0 aliphatic heterocycles. The summed E-state index contributed by atoms with van der Waals surface area (Å²) in [5.41, 5.74) is 0. The molecule has 0 heterocycles. The number of carbonyl (C=O) groups excluding carboxylic acids is 1. The number of hydrogen-bond donors (Lipinski definition) is 1. The summed E-state index contributed by atoms with van der Waals surface area (Å²) >= 11 is 0. The molecule has 0 fully saturated rings. The van der Waals surface area contributed by atoms with E-state index in [1.54, 1.807) is 0 Å². The molecule has 0 bridgehead atoms. The van der Waals surface area contributed by atoms with E-state index in [1.807, 2.05) is 5.32 Å². The molecule has 53 valence electrons. The fraction of sp³-hybridized carbons (Fsp3) is 0.750. The Labute approximate surface area is 54.2 Å². The maximum atomic E-state index is 10.5. The predicted octanol–water partition coefficient (Wildman–Crippen LogP) is -0.966. The van der Waals surface area contributed by atoms with Crippen molar-refractivity contribution in [3.63, 3.8) is 0 Å². The summed E-state index contributed by atoms with van der Waals surface area (Å²) in [6.07, 6.45) is 2.34. The van der Waals surface area contributed by atoms with Gasteiger partial charge in [0.15, 0.2) is 9.84 Å². The molecule has 0 aliphatic rings. The van der Waals surface area contributed by atoms with Gasteiger partial charge in [-0.05, 0) is 6.92 Å². The second-order valence-electron chi connectivity index (χ2n) is 1.72. The van der Waals surface area contributed by atoms with Gasteiger partial charge in [0.25, 0.3) is 0 Å². The summed E-state index contributed by atoms with van der Waals surface area (Å²) in [5.74, 6) is 0. The van der Waals surface area contributed by atoms with Gasteiger partial charge in [-0.15, -0.1) is 0 Å². The van der Waals surface area contributed by atoms with Gasteiger partial charge < -0.3 is 5.32 Å². The van der Waals surface area contributed by atoms with Gasteiger partial charge in [0.2, 0.25) is 0 Å². The fourth-order valence-corrected chi connectivity index (χ4v) is 0.452. The predicted molar refractivity (Wildman–Crippen MR) is 33.1 cm³/mol. The van der Waals surface area contributed by atoms with Crippen LogP contribution in [-0.2, 0) is 14.6 Å². The highest BCUT2D eigenvalue weighted by Crippen LogP contribution is 1.89. The molecule has 1 unspecified atom stereocenters. The zero-order valence-electron chi connectivity index (χ0n) is 5.21. The summed E-state index contributed by atoms with van der Waals surface area (Å²) in [6.45, 7) is 1.38. The zero-order valence-corrected chi connectivity index (χ0v) is 6.03. The van der Waals surface area contributed by atoms with Crippen LogP contribution in [0, 0.1) is 0 Å². The first kappa shape index (κ1) is 8.42. The molecule has 1 amide bonds. The van der Waals surface area contributed by atoms with Crippen molar-refractivity contribution in [3.05, 3.63) is 0 Å². The monoisotopic (exact) mass is 150 g/mol. The molecule has 0 rings (SSSR count). The maximum absolute atomic E-state index is 10.5. The van der Waals surface area contributed by atoms with E-state index in [1.165, 1.54) is 13.3 Å². The largest absolute Gasteiger partial charge is 0.331 e. The Morgan fingerprint density at radius 1 is 1.56 bits per heavy atom. The Morgan fingerprint density at radius 2 is 2.00 bits per heavy atom. The number of rotatable bonds is 3. The topological polar surface area (TPSA) is 63.2 Å². The van der Waals surface area contributed by atoms with Crippen LogP contribution in [0.5, 0.6) is 0 Å². The van der Waals surface area contributed by atoms with Crippen LogP contribution in [0.4, 0.5) is 0 Å². The highest BCUT2D eigenvalue weighted by atomic mass is 32.2. The lowest BCUT2D eigenvalue weighted by atomic mass is 10.8. The zero-order chi connectivity index (χ0) is 7.49. The highest BCUT2D eigenvalue weighted by Gasteiger charge is 2.12. The van der Waals surface area contributed by atoms with E-state index in [0.717, 1.165) is 6.26 Å². The molecular formula is C4H8NO3S. The van der Waals surface area contributed by atoms with E-state index in [-0.39, 0.29) is 0 Å². The fourth-order valence-electron chi connectivity index (χ4n) is 0.190. The van der Waals surface area contributed by atoms with Gasteiger partial charge in [-0.3, -0.25) is 4.79 Å². The summed E-state index contributed by atoms with van der Waals surface area (Å²) in [6, 6.07) is 0. The summed E-state index contributed by atoms with van der Waals surface area (Å²) < 4.78 is 21.0. The molecule has 1 radical (unpaired) electrons. The van der Waals surface area contributed by atoms with Crippen LogP contribution in [0.2, 0.25) is 0 Å². The average molecular weight is 150 g/mol. The van der Waals surface area contributed by atoms with E-state index < -0.39 is 15.2 Å². The number of sulfone groups is 1. The van der Waals surface area contributed by atoms with Crippen molar-refractivity contribution < 1.29 is 13.2 Å². The van der Waals surface area contributed by atoms with Crippen LogP contribution in [0.3, 0.4) is 0 Å². The van der Waals surface area contributed by atoms with Crippen LogP contribution in [0.25, 0.3) is 0 Å². The minimum absolute atomic E-state index is 0.838. The Kier molecular flexibility index (Phi) is 2.64. The molecule has 1 atom stereocenters. The van der Waals surface area contributed by atoms with Crippen molar-refractivity contribution in [2.24, 2.45) is 0 Å². The van der Waals surface area contributed by atoms with Gasteiger partial charge in [-0.25, -0.2) is 8.42 Å². The molecule has 0 aromatic carbocycles. The maximum Gasteiger partial charge on any atom is 0.310 e. The molecule has 1 N–H and O–H groups in total. The van der Waals surface area contributed by atoms with Crippen molar-refractivity contribution in [1.82, 2.24) is 5.32 Å². The molecule has 0 spiro atoms. The average Bonchev–Trinajstić information content (AvgIpc) is 1.64. The lowest BCUT2D eigenvalue weighted by Crippen LogP contribution is -2.31. The summed E-state index contributed by atoms with van der Waals surface area (Å²) in [5, 5.41) is 1.15. The van der Waals surface area contributed by atoms with E-state index in [4.69, 9.17) is 0 Å². The molecule has 5 heteroatoms. The minimum Gasteiger partial charge on any atom is -0.331 e. The molecule has 9 heavy (non-hydrogen) atoms. The van der Waals surface area contributed by atoms with E-state index in [0.29, 0.717) is 0 Å². The third-order valence-electron chi connectivity index (χ3n) is 0.904. The van der Waals surface area contributed by atoms with Gasteiger partial charge >= 0.3 is 6.41 Å². The molecule has 0 saturated heterocycles. The van der Waals surface area contributed by atoms with Gasteiger partial charge in [-0.1, -0.05) is 0 Å². The third-order valence-corrected chi connectivity index (χ3v) is 2.31.